The average Bonchev–Trinajstić information content (AvgIpc) is 2.59. The summed E-state index contributed by atoms with van der Waals surface area (Å²) >= 11 is 5.91. The van der Waals surface area contributed by atoms with E-state index in [9.17, 15) is 9.59 Å². The molecule has 0 bridgehead atoms. The lowest BCUT2D eigenvalue weighted by Crippen LogP contribution is -2.15. The summed E-state index contributed by atoms with van der Waals surface area (Å²) in [4.78, 5) is 23.5. The third kappa shape index (κ3) is 5.91. The lowest BCUT2D eigenvalue weighted by molar-refractivity contribution is -0.145. The number of ketones is 1. The Hall–Kier alpha value is -2.33. The number of esters is 1. The van der Waals surface area contributed by atoms with E-state index < -0.39 is 5.97 Å². The molecule has 0 heterocycles. The van der Waals surface area contributed by atoms with Gasteiger partial charge in [-0.1, -0.05) is 35.9 Å². The predicted molar refractivity (Wildman–Crippen MR) is 97.1 cm³/mol. The first-order chi connectivity index (χ1) is 12.0. The third-order valence-electron chi connectivity index (χ3n) is 3.77. The summed E-state index contributed by atoms with van der Waals surface area (Å²) in [5, 5.41) is 0.664. The number of carbonyl (C=O) groups is 2. The van der Waals surface area contributed by atoms with Crippen molar-refractivity contribution in [1.82, 2.24) is 0 Å². The molecular weight excluding hydrogens is 340 g/mol. The van der Waals surface area contributed by atoms with Gasteiger partial charge in [0.1, 0.15) is 11.5 Å². The zero-order valence-electron chi connectivity index (χ0n) is 14.3. The number of carbonyl (C=O) groups excluding carboxylic acids is 2. The van der Waals surface area contributed by atoms with E-state index in [0.29, 0.717) is 23.8 Å². The van der Waals surface area contributed by atoms with Crippen LogP contribution >= 0.6 is 11.6 Å². The molecule has 0 saturated heterocycles. The molecule has 0 spiro atoms. The molecule has 1 unspecified atom stereocenters. The van der Waals surface area contributed by atoms with E-state index in [1.807, 2.05) is 36.4 Å². The maximum atomic E-state index is 12.1. The Morgan fingerprint density at radius 1 is 1.12 bits per heavy atom. The number of Topliss-reactive ketones (excluding diaryl/α,β-unsaturated/α-hetero) is 1. The number of hydrogen-bond donors (Lipinski definition) is 0. The van der Waals surface area contributed by atoms with Gasteiger partial charge in [-0.15, -0.1) is 0 Å². The minimum atomic E-state index is -0.419. The monoisotopic (exact) mass is 360 g/mol. The minimum absolute atomic E-state index is 0.0671. The maximum Gasteiger partial charge on any atom is 0.344 e. The molecule has 0 radical (unpaired) electrons. The van der Waals surface area contributed by atoms with Gasteiger partial charge in [-0.2, -0.15) is 0 Å². The number of halogens is 1. The normalized spacial score (nSPS) is 11.6. The second-order valence-electron chi connectivity index (χ2n) is 5.66. The van der Waals surface area contributed by atoms with Crippen molar-refractivity contribution < 1.29 is 19.1 Å². The molecule has 0 fully saturated rings. The zero-order valence-corrected chi connectivity index (χ0v) is 15.1. The highest BCUT2D eigenvalue weighted by Crippen LogP contribution is 2.26. The van der Waals surface area contributed by atoms with Gasteiger partial charge >= 0.3 is 5.97 Å². The fraction of sp³-hybridized carbons (Fsp3) is 0.300. The molecule has 0 aliphatic rings. The van der Waals surface area contributed by atoms with E-state index in [4.69, 9.17) is 21.1 Å². The van der Waals surface area contributed by atoms with Crippen molar-refractivity contribution >= 4 is 23.4 Å². The van der Waals surface area contributed by atoms with Crippen LogP contribution in [0.1, 0.15) is 30.9 Å². The molecule has 1 atom stereocenters. The highest BCUT2D eigenvalue weighted by Gasteiger charge is 2.18. The Labute approximate surface area is 152 Å². The van der Waals surface area contributed by atoms with Crippen LogP contribution in [-0.2, 0) is 20.7 Å². The van der Waals surface area contributed by atoms with Crippen LogP contribution in [0.3, 0.4) is 0 Å². The van der Waals surface area contributed by atoms with Crippen LogP contribution in [-0.4, -0.2) is 25.0 Å². The molecule has 0 N–H and O–H groups in total. The molecule has 5 heteroatoms. The molecule has 0 amide bonds. The molecular formula is C20H21ClO4. The summed E-state index contributed by atoms with van der Waals surface area (Å²) in [5.41, 5.74) is 1.88. The van der Waals surface area contributed by atoms with Gasteiger partial charge in [-0.3, -0.25) is 4.79 Å². The van der Waals surface area contributed by atoms with E-state index in [1.165, 1.54) is 0 Å². The largest absolute Gasteiger partial charge is 0.482 e. The fourth-order valence-corrected chi connectivity index (χ4v) is 2.64. The van der Waals surface area contributed by atoms with Gasteiger partial charge in [-0.05, 0) is 55.7 Å². The van der Waals surface area contributed by atoms with Crippen LogP contribution in [0.4, 0.5) is 0 Å². The Morgan fingerprint density at radius 3 is 2.48 bits per heavy atom. The fourth-order valence-electron chi connectivity index (χ4n) is 2.52. The molecule has 2 aromatic carbocycles. The van der Waals surface area contributed by atoms with Crippen LogP contribution < -0.4 is 4.74 Å². The van der Waals surface area contributed by atoms with Gasteiger partial charge in [-0.25, -0.2) is 4.79 Å². The molecule has 0 saturated carbocycles. The van der Waals surface area contributed by atoms with E-state index in [2.05, 4.69) is 0 Å². The zero-order chi connectivity index (χ0) is 18.2. The number of ether oxygens (including phenoxy) is 2. The van der Waals surface area contributed by atoms with Gasteiger partial charge in [0, 0.05) is 10.9 Å². The molecule has 2 aromatic rings. The minimum Gasteiger partial charge on any atom is -0.482 e. The van der Waals surface area contributed by atoms with Crippen LogP contribution in [0.25, 0.3) is 0 Å². The Balaban J connectivity index is 2.12. The van der Waals surface area contributed by atoms with E-state index in [-0.39, 0.29) is 18.3 Å². The first-order valence-electron chi connectivity index (χ1n) is 8.13. The second kappa shape index (κ2) is 9.23. The maximum absolute atomic E-state index is 12.1. The van der Waals surface area contributed by atoms with Gasteiger partial charge in [0.2, 0.25) is 0 Å². The average molecular weight is 361 g/mol. The van der Waals surface area contributed by atoms with Crippen molar-refractivity contribution in [3.8, 4) is 5.75 Å². The van der Waals surface area contributed by atoms with Crippen LogP contribution in [0.5, 0.6) is 5.75 Å². The smallest absolute Gasteiger partial charge is 0.344 e. The van der Waals surface area contributed by atoms with Gasteiger partial charge in [0.15, 0.2) is 6.61 Å². The third-order valence-corrected chi connectivity index (χ3v) is 4.02. The van der Waals surface area contributed by atoms with Crippen molar-refractivity contribution in [3.63, 3.8) is 0 Å². The van der Waals surface area contributed by atoms with E-state index in [1.54, 1.807) is 26.0 Å². The SMILES string of the molecule is CCOC(=O)COc1cccc(C(Cc2ccc(Cl)cc2)C(C)=O)c1. The quantitative estimate of drug-likeness (QED) is 0.662. The molecule has 2 rings (SSSR count). The van der Waals surface area contributed by atoms with Gasteiger partial charge in [0.05, 0.1) is 6.61 Å². The van der Waals surface area contributed by atoms with Crippen molar-refractivity contribution in [2.75, 3.05) is 13.2 Å². The van der Waals surface area contributed by atoms with Crippen LogP contribution in [0.15, 0.2) is 48.5 Å². The van der Waals surface area contributed by atoms with Crippen molar-refractivity contribution in [2.45, 2.75) is 26.2 Å². The first-order valence-corrected chi connectivity index (χ1v) is 8.50. The Morgan fingerprint density at radius 2 is 1.84 bits per heavy atom. The summed E-state index contributed by atoms with van der Waals surface area (Å²) in [6, 6.07) is 14.7. The summed E-state index contributed by atoms with van der Waals surface area (Å²) in [5.74, 6) is -0.102. The van der Waals surface area contributed by atoms with Gasteiger partial charge in [0.25, 0.3) is 0 Å². The van der Waals surface area contributed by atoms with Crippen molar-refractivity contribution in [2.24, 2.45) is 0 Å². The van der Waals surface area contributed by atoms with E-state index >= 15 is 0 Å². The summed E-state index contributed by atoms with van der Waals surface area (Å²) in [6.45, 7) is 3.48. The summed E-state index contributed by atoms with van der Waals surface area (Å²) < 4.78 is 10.3. The predicted octanol–water partition coefficient (Wildman–Crippen LogP) is 4.20. The molecule has 4 nitrogen and oxygen atoms in total. The second-order valence-corrected chi connectivity index (χ2v) is 6.10. The Kier molecular flexibility index (Phi) is 7.02. The number of benzene rings is 2. The lowest BCUT2D eigenvalue weighted by atomic mass is 9.89. The molecule has 0 aliphatic carbocycles. The molecule has 25 heavy (non-hydrogen) atoms. The Bertz CT molecular complexity index is 725. The molecule has 0 aromatic heterocycles. The van der Waals surface area contributed by atoms with Crippen LogP contribution in [0.2, 0.25) is 5.02 Å². The lowest BCUT2D eigenvalue weighted by Gasteiger charge is -2.16. The summed E-state index contributed by atoms with van der Waals surface area (Å²) in [7, 11) is 0. The first kappa shape index (κ1) is 19.0. The van der Waals surface area contributed by atoms with Crippen molar-refractivity contribution in [1.29, 1.82) is 0 Å². The van der Waals surface area contributed by atoms with E-state index in [0.717, 1.165) is 11.1 Å². The van der Waals surface area contributed by atoms with Gasteiger partial charge < -0.3 is 9.47 Å². The highest BCUT2D eigenvalue weighted by atomic mass is 35.5. The molecule has 0 aliphatic heterocycles. The van der Waals surface area contributed by atoms with Crippen LogP contribution in [0, 0.1) is 0 Å². The highest BCUT2D eigenvalue weighted by molar-refractivity contribution is 6.30. The number of hydrogen-bond acceptors (Lipinski definition) is 4. The number of rotatable bonds is 8. The van der Waals surface area contributed by atoms with Crippen molar-refractivity contribution in [3.05, 3.63) is 64.7 Å². The topological polar surface area (TPSA) is 52.6 Å². The summed E-state index contributed by atoms with van der Waals surface area (Å²) in [6.07, 6.45) is 0.577. The molecule has 132 valence electrons. The standard InChI is InChI=1S/C20H21ClO4/c1-3-24-20(23)13-25-18-6-4-5-16(12-18)19(14(2)22)11-15-7-9-17(21)10-8-15/h4-10,12,19H,3,11,13H2,1-2H3.